The number of rotatable bonds is 30. The normalized spacial score (nSPS) is 22.1. The predicted molar refractivity (Wildman–Crippen MR) is 373 cm³/mol. The van der Waals surface area contributed by atoms with E-state index in [0.29, 0.717) is 23.0 Å². The van der Waals surface area contributed by atoms with Gasteiger partial charge in [0.15, 0.2) is 52.9 Å². The molecule has 0 aliphatic carbocycles. The van der Waals surface area contributed by atoms with Gasteiger partial charge in [-0.2, -0.15) is 0 Å². The van der Waals surface area contributed by atoms with Gasteiger partial charge in [0.1, 0.15) is 12.2 Å². The fourth-order valence-electron chi connectivity index (χ4n) is 8.81. The van der Waals surface area contributed by atoms with E-state index in [1.54, 1.807) is 48.5 Å². The molecule has 10 nitrogen and oxygen atoms in total. The van der Waals surface area contributed by atoms with E-state index in [-0.39, 0.29) is 43.9 Å². The van der Waals surface area contributed by atoms with E-state index < -0.39 is 88.2 Å². The summed E-state index contributed by atoms with van der Waals surface area (Å²) in [5, 5.41) is 1.61. The second kappa shape index (κ2) is 29.4. The minimum atomic E-state index is -3.64. The summed E-state index contributed by atoms with van der Waals surface area (Å²) in [6, 6.07) is 17.4. The predicted octanol–water partition coefficient (Wildman–Crippen LogP) is 18.6. The van der Waals surface area contributed by atoms with Crippen molar-refractivity contribution in [3.8, 4) is 0 Å². The zero-order chi connectivity index (χ0) is 64.7. The molecule has 84 heavy (non-hydrogen) atoms. The fourth-order valence-corrected chi connectivity index (χ4v) is 17.2. The van der Waals surface area contributed by atoms with Crippen LogP contribution in [0.4, 0.5) is 0 Å². The number of halogens is 2. The van der Waals surface area contributed by atoms with Gasteiger partial charge in [0.25, 0.3) is 0 Å². The summed E-state index contributed by atoms with van der Waals surface area (Å²) in [4.78, 5) is 0.628. The molecule has 2 aromatic rings. The molecule has 4 rings (SSSR count). The summed E-state index contributed by atoms with van der Waals surface area (Å²) < 4.78 is 96.0. The quantitative estimate of drug-likeness (QED) is 0.0322. The van der Waals surface area contributed by atoms with E-state index in [9.17, 15) is 16.8 Å². The highest BCUT2D eigenvalue weighted by molar-refractivity contribution is 9.09. The first-order valence-corrected chi connectivity index (χ1v) is 47.5. The summed E-state index contributed by atoms with van der Waals surface area (Å²) in [7, 11) is -16.1. The van der Waals surface area contributed by atoms with Gasteiger partial charge in [-0.05, 0) is 161 Å². The lowest BCUT2D eigenvalue weighted by Crippen LogP contribution is -2.50. The Bertz CT molecular complexity index is 2590. The highest BCUT2D eigenvalue weighted by Crippen LogP contribution is 2.52. The molecule has 18 heteroatoms. The van der Waals surface area contributed by atoms with E-state index in [0.717, 1.165) is 47.5 Å². The van der Waals surface area contributed by atoms with Gasteiger partial charge in [0, 0.05) is 22.5 Å². The zero-order valence-electron chi connectivity index (χ0n) is 56.5. The number of ether oxygens (including phenoxy) is 2. The summed E-state index contributed by atoms with van der Waals surface area (Å²) in [6.45, 7) is 62.3. The van der Waals surface area contributed by atoms with E-state index in [4.69, 9.17) is 27.2 Å². The Morgan fingerprint density at radius 2 is 0.810 bits per heavy atom. The van der Waals surface area contributed by atoms with Crippen LogP contribution in [-0.4, -0.2) is 121 Å². The number of hydrogen-bond donors (Lipinski definition) is 0. The minimum Gasteiger partial charge on any atom is -0.413 e. The lowest BCUT2D eigenvalue weighted by Gasteiger charge is -2.42. The van der Waals surface area contributed by atoms with Crippen molar-refractivity contribution in [2.24, 2.45) is 11.8 Å². The number of allylic oxidation sites excluding steroid dienone is 4. The van der Waals surface area contributed by atoms with Crippen LogP contribution in [0.3, 0.4) is 0 Å². The van der Waals surface area contributed by atoms with E-state index >= 15 is 0 Å². The third-order valence-corrected chi connectivity index (χ3v) is 42.6. The zero-order valence-corrected chi connectivity index (χ0v) is 65.3. The molecule has 0 N–H and O–H groups in total. The number of epoxide rings is 2. The number of sulfone groups is 2. The Labute approximate surface area is 534 Å². The Morgan fingerprint density at radius 1 is 0.536 bits per heavy atom. The van der Waals surface area contributed by atoms with Crippen molar-refractivity contribution in [2.45, 2.75) is 254 Å². The fraction of sp³-hybridized carbons (Fsp3) is 0.697. The summed E-state index contributed by atoms with van der Waals surface area (Å²) in [5.41, 5.74) is 3.30. The first-order chi connectivity index (χ1) is 37.9. The average molecular weight is 1400 g/mol. The van der Waals surface area contributed by atoms with Crippen molar-refractivity contribution in [2.75, 3.05) is 35.4 Å². The van der Waals surface area contributed by atoms with Crippen LogP contribution in [0.2, 0.25) is 72.5 Å². The number of hydrogen-bond acceptors (Lipinski definition) is 10. The van der Waals surface area contributed by atoms with Gasteiger partial charge < -0.3 is 27.2 Å². The van der Waals surface area contributed by atoms with E-state index in [1.807, 2.05) is 12.1 Å². The van der Waals surface area contributed by atoms with Crippen molar-refractivity contribution in [1.29, 1.82) is 0 Å². The standard InChI is InChI=1S/2C33H57BrO5SSi2/c2*1-25(22-34)18-17-21-33(9)30(38-33)29(39-42(12,13)32(6,7)8)28(24-40(35,36)27-19-15-14-16-20-27)26(2)23-37-41(10,11)31(3,4)5/h2*14-16,18-20,28-30H,2,17,21-24H2,1,3-13H3/b2*25-18+/t2*28-,29-,30-,33-/m10/s1. The van der Waals surface area contributed by atoms with Crippen LogP contribution in [0.5, 0.6) is 0 Å². The SMILES string of the molecule is C=C(CO[Si](C)(C)C(C)(C)C)[C@@H](CS(=O)(=O)c1ccccc1)[C@@H](O[Si](C)(C)C(C)(C)C)[C@H]1O[C@]1(C)CC/C=C(\C)CBr.C=C(CO[Si](C)(C)C(C)(C)C)[C@H](CS(=O)(=O)c1ccccc1)[C@H](O[Si](C)(C)C(C)(C)C)[C@@H]1O[C@@]1(C)CC/C=C(\C)CBr. The molecular formula is C66H114Br2O10S2Si4. The molecule has 0 spiro atoms. The molecule has 2 aliphatic rings. The van der Waals surface area contributed by atoms with Crippen LogP contribution in [-0.2, 0) is 46.9 Å². The molecule has 2 aliphatic heterocycles. The van der Waals surface area contributed by atoms with Gasteiger partial charge in [0.2, 0.25) is 0 Å². The maximum Gasteiger partial charge on any atom is 0.192 e. The second-order valence-corrected chi connectivity index (χ2v) is 55.0. The maximum absolute atomic E-state index is 13.9. The van der Waals surface area contributed by atoms with E-state index in [2.05, 4.69) is 220 Å². The van der Waals surface area contributed by atoms with Gasteiger partial charge in [-0.15, -0.1) is 0 Å². The first-order valence-electron chi connectivity index (χ1n) is 30.3. The average Bonchev–Trinajstić information content (AvgIpc) is 4.16. The van der Waals surface area contributed by atoms with Gasteiger partial charge in [-0.3, -0.25) is 0 Å². The summed E-state index contributed by atoms with van der Waals surface area (Å²) in [5.74, 6) is -1.18. The summed E-state index contributed by atoms with van der Waals surface area (Å²) in [6.07, 6.45) is 6.57. The van der Waals surface area contributed by atoms with Crippen LogP contribution in [0, 0.1) is 11.8 Å². The number of benzene rings is 2. The maximum atomic E-state index is 13.9. The van der Waals surface area contributed by atoms with Gasteiger partial charge in [-0.1, -0.05) is 188 Å². The van der Waals surface area contributed by atoms with Crippen LogP contribution in [0.25, 0.3) is 0 Å². The third kappa shape index (κ3) is 21.5. The Kier molecular flexibility index (Phi) is 27.0. The highest BCUT2D eigenvalue weighted by Gasteiger charge is 2.62. The molecule has 2 aromatic carbocycles. The molecule has 2 saturated heterocycles. The molecule has 0 bridgehead atoms. The van der Waals surface area contributed by atoms with E-state index in [1.165, 1.54) is 11.1 Å². The minimum absolute atomic E-state index is 0.0227. The lowest BCUT2D eigenvalue weighted by molar-refractivity contribution is 0.104. The lowest BCUT2D eigenvalue weighted by atomic mass is 9.88. The van der Waals surface area contributed by atoms with Crippen molar-refractivity contribution < 1.29 is 44.0 Å². The van der Waals surface area contributed by atoms with Gasteiger partial charge in [0.05, 0.1) is 57.9 Å². The van der Waals surface area contributed by atoms with Crippen molar-refractivity contribution in [3.05, 3.63) is 108 Å². The number of alkyl halides is 2. The Morgan fingerprint density at radius 3 is 1.06 bits per heavy atom. The first kappa shape index (κ1) is 77.1. The molecule has 0 unspecified atom stereocenters. The van der Waals surface area contributed by atoms with Crippen LogP contribution < -0.4 is 0 Å². The molecule has 0 amide bonds. The molecule has 8 atom stereocenters. The largest absolute Gasteiger partial charge is 0.413 e. The smallest absolute Gasteiger partial charge is 0.192 e. The molecule has 480 valence electrons. The molecule has 0 saturated carbocycles. The van der Waals surface area contributed by atoms with Crippen LogP contribution in [0.1, 0.15) is 136 Å². The summed E-state index contributed by atoms with van der Waals surface area (Å²) >= 11 is 7.06. The molecule has 2 heterocycles. The molecule has 0 aromatic heterocycles. The third-order valence-electron chi connectivity index (χ3n) is 19.3. The Balaban J connectivity index is 0.000000440. The molecule has 0 radical (unpaired) electrons. The van der Waals surface area contributed by atoms with Gasteiger partial charge >= 0.3 is 0 Å². The Hall–Kier alpha value is -1.11. The van der Waals surface area contributed by atoms with Crippen LogP contribution in [0.15, 0.2) is 118 Å². The molecular weight excluding hydrogens is 1290 g/mol. The highest BCUT2D eigenvalue weighted by atomic mass is 79.9. The topological polar surface area (TPSA) is 130 Å². The van der Waals surface area contributed by atoms with Gasteiger partial charge in [-0.25, -0.2) is 16.8 Å². The monoisotopic (exact) mass is 1400 g/mol. The van der Waals surface area contributed by atoms with Crippen LogP contribution >= 0.6 is 31.9 Å². The van der Waals surface area contributed by atoms with Crippen molar-refractivity contribution in [3.63, 3.8) is 0 Å². The second-order valence-electron chi connectivity index (χ2n) is 30.6. The molecule has 2 fully saturated rings. The van der Waals surface area contributed by atoms with Crippen molar-refractivity contribution >= 4 is 84.8 Å². The van der Waals surface area contributed by atoms with Crippen molar-refractivity contribution in [1.82, 2.24) is 0 Å².